The van der Waals surface area contributed by atoms with Gasteiger partial charge < -0.3 is 114 Å². The number of allylic oxidation sites excluding steroid dienone is 1. The summed E-state index contributed by atoms with van der Waals surface area (Å²) >= 11 is 0. The third-order valence-corrected chi connectivity index (χ3v) is 19.5. The average Bonchev–Trinajstić information content (AvgIpc) is 3.87. The second-order valence-corrected chi connectivity index (χ2v) is 23.3. The van der Waals surface area contributed by atoms with Gasteiger partial charge in [-0.2, -0.15) is 0 Å². The highest BCUT2D eigenvalue weighted by atomic mass is 16.8. The molecule has 24 heteroatoms. The Balaban J connectivity index is 0.840. The van der Waals surface area contributed by atoms with Crippen LogP contribution in [0.5, 0.6) is 0 Å². The molecule has 75 heavy (non-hydrogen) atoms. The summed E-state index contributed by atoms with van der Waals surface area (Å²) in [4.78, 5) is 14.7. The van der Waals surface area contributed by atoms with Gasteiger partial charge in [-0.05, 0) is 61.7 Å². The lowest BCUT2D eigenvalue weighted by molar-refractivity contribution is -0.406. The number of ether oxygens (including phenoxy) is 10. The van der Waals surface area contributed by atoms with Crippen molar-refractivity contribution < 1.29 is 119 Å². The SMILES string of the molecule is C=C1CCC2(OC1)OC1CC3C4CC=C5CC(OC6OC(CO)C(OC7OC(CO)C(O)C(OC8OC(CO)C(O)C(O)C8O)C7OC7OC(CO)C(O)C(O)C7O)C(O)C6O)CCC5(C)C4CC(=O)C3(C)C1C2C. The number of ketones is 1. The minimum absolute atomic E-state index is 0.0523. The van der Waals surface area contributed by atoms with E-state index in [2.05, 4.69) is 33.4 Å². The molecular weight excluding hydrogens is 997 g/mol. The van der Waals surface area contributed by atoms with E-state index in [0.29, 0.717) is 32.3 Å². The molecule has 6 saturated heterocycles. The highest BCUT2D eigenvalue weighted by Gasteiger charge is 2.71. The van der Waals surface area contributed by atoms with Crippen LogP contribution >= 0.6 is 0 Å². The predicted octanol–water partition coefficient (Wildman–Crippen LogP) is -3.89. The van der Waals surface area contributed by atoms with Gasteiger partial charge in [-0.25, -0.2) is 0 Å². The van der Waals surface area contributed by atoms with Crippen LogP contribution in [0.4, 0.5) is 0 Å². The van der Waals surface area contributed by atoms with E-state index in [9.17, 15) is 71.2 Å². The molecule has 13 N–H and O–H groups in total. The number of aliphatic hydroxyl groups excluding tert-OH is 13. The fourth-order valence-corrected chi connectivity index (χ4v) is 15.1. The molecule has 24 nitrogen and oxygen atoms in total. The maximum Gasteiger partial charge on any atom is 0.187 e. The molecule has 0 aromatic carbocycles. The highest BCUT2D eigenvalue weighted by molar-refractivity contribution is 5.87. The maximum atomic E-state index is 14.7. The van der Waals surface area contributed by atoms with Crippen LogP contribution in [-0.4, -0.2) is 246 Å². The quantitative estimate of drug-likeness (QED) is 0.0831. The standard InChI is InChI=1S/C51H78O24/c1-19-7-10-51(66-18-19)20(2)32-26(75-51)12-25-23-6-5-21-11-22(8-9-49(21,3)24(23)13-31(56)50(25,32)4)67-45-41(65)38(62)42(30(17-55)71-45)72-48-44(74-47-40(64)37(61)34(58)28(15-53)69-47)43(35(59)29(16-54)70-48)73-46-39(63)36(60)33(57)27(14-52)68-46/h5,20,22-30,32-48,52-55,57-65H,1,6-18H2,2-4H3. The molecule has 6 aliphatic heterocycles. The van der Waals surface area contributed by atoms with E-state index in [1.807, 2.05) is 0 Å². The van der Waals surface area contributed by atoms with E-state index in [-0.39, 0.29) is 46.9 Å². The zero-order chi connectivity index (χ0) is 53.8. The summed E-state index contributed by atoms with van der Waals surface area (Å²) in [6.45, 7) is 7.64. The van der Waals surface area contributed by atoms with Crippen molar-refractivity contribution in [3.63, 3.8) is 0 Å². The Morgan fingerprint density at radius 1 is 0.627 bits per heavy atom. The molecule has 0 aromatic heterocycles. The first-order valence-electron chi connectivity index (χ1n) is 26.6. The van der Waals surface area contributed by atoms with Gasteiger partial charge in [0.05, 0.1) is 45.2 Å². The molecule has 30 unspecified atom stereocenters. The van der Waals surface area contributed by atoms with Gasteiger partial charge in [0.15, 0.2) is 30.9 Å². The molecule has 9 fully saturated rings. The Labute approximate surface area is 433 Å². The number of rotatable bonds is 12. The van der Waals surface area contributed by atoms with Crippen LogP contribution in [0.15, 0.2) is 23.8 Å². The topological polar surface area (TPSA) is 372 Å². The molecule has 426 valence electrons. The molecule has 1 spiro atoms. The van der Waals surface area contributed by atoms with Crippen LogP contribution in [0, 0.1) is 40.4 Å². The lowest BCUT2D eigenvalue weighted by atomic mass is 9.46. The van der Waals surface area contributed by atoms with E-state index in [1.54, 1.807) is 0 Å². The van der Waals surface area contributed by atoms with Gasteiger partial charge in [-0.1, -0.05) is 44.6 Å². The number of hydrogen-bond acceptors (Lipinski definition) is 24. The molecule has 6 heterocycles. The number of aliphatic hydroxyl groups is 13. The van der Waals surface area contributed by atoms with Gasteiger partial charge in [0.25, 0.3) is 0 Å². The van der Waals surface area contributed by atoms with Crippen LogP contribution in [0.2, 0.25) is 0 Å². The lowest BCUT2D eigenvalue weighted by Gasteiger charge is -2.58. The van der Waals surface area contributed by atoms with Crippen molar-refractivity contribution in [2.24, 2.45) is 40.4 Å². The zero-order valence-electron chi connectivity index (χ0n) is 42.4. The number of Topliss-reactive ketones (excluding diaryl/α,β-unsaturated/α-hetero) is 1. The summed E-state index contributed by atoms with van der Waals surface area (Å²) < 4.78 is 61.0. The molecule has 10 aliphatic rings. The molecule has 0 radical (unpaired) electrons. The predicted molar refractivity (Wildman–Crippen MR) is 249 cm³/mol. The van der Waals surface area contributed by atoms with Crippen molar-refractivity contribution in [3.05, 3.63) is 23.8 Å². The van der Waals surface area contributed by atoms with Gasteiger partial charge in [-0.15, -0.1) is 0 Å². The van der Waals surface area contributed by atoms with Crippen molar-refractivity contribution in [2.45, 2.75) is 213 Å². The average molecular weight is 1080 g/mol. The summed E-state index contributed by atoms with van der Waals surface area (Å²) in [5.74, 6) is 0.201. The van der Waals surface area contributed by atoms with E-state index in [1.165, 1.54) is 0 Å². The molecule has 0 aromatic rings. The second kappa shape index (κ2) is 21.6. The van der Waals surface area contributed by atoms with Gasteiger partial charge in [0.1, 0.15) is 103 Å². The number of fused-ring (bicyclic) bond motifs is 7. The minimum atomic E-state index is -2.06. The highest BCUT2D eigenvalue weighted by Crippen LogP contribution is 2.70. The largest absolute Gasteiger partial charge is 0.394 e. The van der Waals surface area contributed by atoms with E-state index in [4.69, 9.17) is 47.4 Å². The Morgan fingerprint density at radius 2 is 1.17 bits per heavy atom. The van der Waals surface area contributed by atoms with E-state index < -0.39 is 167 Å². The van der Waals surface area contributed by atoms with Crippen molar-refractivity contribution >= 4 is 5.78 Å². The normalized spacial score (nSPS) is 55.0. The summed E-state index contributed by atoms with van der Waals surface area (Å²) in [7, 11) is 0. The summed E-state index contributed by atoms with van der Waals surface area (Å²) in [5.41, 5.74) is 1.34. The van der Waals surface area contributed by atoms with Gasteiger partial charge in [-0.3, -0.25) is 4.79 Å². The molecule has 30 atom stereocenters. The number of carbonyl (C=O) groups is 1. The number of carbonyl (C=O) groups excluding carboxylic acids is 1. The smallest absolute Gasteiger partial charge is 0.187 e. The first-order valence-corrected chi connectivity index (χ1v) is 26.6. The summed E-state index contributed by atoms with van der Waals surface area (Å²) in [6, 6.07) is 0. The summed E-state index contributed by atoms with van der Waals surface area (Å²) in [5, 5.41) is 140. The van der Waals surface area contributed by atoms with Crippen molar-refractivity contribution in [1.29, 1.82) is 0 Å². The monoisotopic (exact) mass is 1070 g/mol. The third kappa shape index (κ3) is 9.44. The first kappa shape index (κ1) is 56.5. The van der Waals surface area contributed by atoms with Crippen LogP contribution < -0.4 is 0 Å². The fraction of sp³-hybridized carbons (Fsp3) is 0.902. The molecule has 0 bridgehead atoms. The molecular formula is C51H78O24. The van der Waals surface area contributed by atoms with Crippen molar-refractivity contribution in [3.8, 4) is 0 Å². The van der Waals surface area contributed by atoms with Gasteiger partial charge in [0, 0.05) is 30.1 Å². The van der Waals surface area contributed by atoms with Crippen LogP contribution in [0.3, 0.4) is 0 Å². The minimum Gasteiger partial charge on any atom is -0.394 e. The van der Waals surface area contributed by atoms with Crippen LogP contribution in [-0.2, 0) is 52.2 Å². The Morgan fingerprint density at radius 3 is 1.77 bits per heavy atom. The third-order valence-electron chi connectivity index (χ3n) is 19.5. The Hall–Kier alpha value is -1.77. The first-order chi connectivity index (χ1) is 35.6. The van der Waals surface area contributed by atoms with E-state index in [0.717, 1.165) is 36.8 Å². The Bertz CT molecular complexity index is 2070. The molecule has 3 saturated carbocycles. The Kier molecular flexibility index (Phi) is 16.3. The summed E-state index contributed by atoms with van der Waals surface area (Å²) in [6.07, 6.45) is -29.5. The molecule has 0 amide bonds. The fourth-order valence-electron chi connectivity index (χ4n) is 15.1. The lowest BCUT2D eigenvalue weighted by Crippen LogP contribution is -2.68. The second-order valence-electron chi connectivity index (χ2n) is 23.3. The van der Waals surface area contributed by atoms with Gasteiger partial charge in [0.2, 0.25) is 0 Å². The maximum absolute atomic E-state index is 14.7. The zero-order valence-corrected chi connectivity index (χ0v) is 42.4. The van der Waals surface area contributed by atoms with Crippen LogP contribution in [0.1, 0.15) is 72.1 Å². The number of hydrogen-bond donors (Lipinski definition) is 13. The molecule has 10 rings (SSSR count). The molecule has 4 aliphatic carbocycles. The van der Waals surface area contributed by atoms with Crippen molar-refractivity contribution in [1.82, 2.24) is 0 Å². The van der Waals surface area contributed by atoms with Gasteiger partial charge >= 0.3 is 0 Å². The van der Waals surface area contributed by atoms with Crippen LogP contribution in [0.25, 0.3) is 0 Å². The van der Waals surface area contributed by atoms with E-state index >= 15 is 0 Å². The van der Waals surface area contributed by atoms with Crippen molar-refractivity contribution in [2.75, 3.05) is 33.0 Å².